The molecule has 3 rings (SSSR count). The number of amides is 2. The number of benzene rings is 2. The molecule has 1 aliphatic heterocycles. The Labute approximate surface area is 157 Å². The lowest BCUT2D eigenvalue weighted by molar-refractivity contribution is 0.0716. The molecule has 0 bridgehead atoms. The van der Waals surface area contributed by atoms with Gasteiger partial charge in [-0.3, -0.25) is 9.59 Å². The topological polar surface area (TPSA) is 40.6 Å². The van der Waals surface area contributed by atoms with Crippen LogP contribution in [0.1, 0.15) is 32.7 Å². The number of nitrogens with zero attached hydrogens (tertiary/aromatic N) is 2. The van der Waals surface area contributed by atoms with Crippen LogP contribution < -0.4 is 0 Å². The van der Waals surface area contributed by atoms with Gasteiger partial charge in [-0.2, -0.15) is 0 Å². The summed E-state index contributed by atoms with van der Waals surface area (Å²) in [4.78, 5) is 28.8. The molecular formula is C20H20ClFN2O2. The monoisotopic (exact) mass is 374 g/mol. The van der Waals surface area contributed by atoms with E-state index in [0.717, 1.165) is 5.56 Å². The van der Waals surface area contributed by atoms with Gasteiger partial charge in [-0.05, 0) is 37.1 Å². The summed E-state index contributed by atoms with van der Waals surface area (Å²) in [6.45, 7) is 3.68. The summed E-state index contributed by atoms with van der Waals surface area (Å²) >= 11 is 6.01. The van der Waals surface area contributed by atoms with Gasteiger partial charge in [-0.1, -0.05) is 35.9 Å². The quantitative estimate of drug-likeness (QED) is 0.802. The fourth-order valence-electron chi connectivity index (χ4n) is 3.17. The molecule has 26 heavy (non-hydrogen) atoms. The van der Waals surface area contributed by atoms with Crippen LogP contribution in [0.4, 0.5) is 4.39 Å². The fourth-order valence-corrected chi connectivity index (χ4v) is 3.41. The molecule has 1 fully saturated rings. The van der Waals surface area contributed by atoms with Crippen molar-refractivity contribution in [2.45, 2.75) is 13.3 Å². The summed E-state index contributed by atoms with van der Waals surface area (Å²) in [7, 11) is 0. The lowest BCUT2D eigenvalue weighted by Crippen LogP contribution is -2.38. The molecule has 0 spiro atoms. The standard InChI is InChI=1S/C20H20ClFN2O2/c1-14-6-2-3-7-15(14)19(25)23-10-5-11-24(13-12-23)20(26)18-16(21)8-4-9-17(18)22/h2-4,6-9H,5,10-13H2,1H3. The van der Waals surface area contributed by atoms with Crippen molar-refractivity contribution < 1.29 is 14.0 Å². The first-order valence-corrected chi connectivity index (χ1v) is 8.95. The minimum Gasteiger partial charge on any atom is -0.337 e. The molecule has 1 aliphatic rings. The van der Waals surface area contributed by atoms with Crippen molar-refractivity contribution in [2.24, 2.45) is 0 Å². The van der Waals surface area contributed by atoms with Crippen molar-refractivity contribution in [1.82, 2.24) is 9.80 Å². The highest BCUT2D eigenvalue weighted by molar-refractivity contribution is 6.33. The highest BCUT2D eigenvalue weighted by Crippen LogP contribution is 2.22. The number of carbonyl (C=O) groups is 2. The van der Waals surface area contributed by atoms with Gasteiger partial charge in [0.05, 0.1) is 10.6 Å². The van der Waals surface area contributed by atoms with Crippen molar-refractivity contribution in [3.63, 3.8) is 0 Å². The van der Waals surface area contributed by atoms with E-state index in [9.17, 15) is 14.0 Å². The zero-order valence-corrected chi connectivity index (χ0v) is 15.3. The molecule has 0 radical (unpaired) electrons. The Bertz CT molecular complexity index is 820. The van der Waals surface area contributed by atoms with Crippen LogP contribution in [0.15, 0.2) is 42.5 Å². The largest absolute Gasteiger partial charge is 0.337 e. The molecule has 0 saturated carbocycles. The summed E-state index contributed by atoms with van der Waals surface area (Å²) in [5.74, 6) is -1.10. The number of rotatable bonds is 2. The van der Waals surface area contributed by atoms with Gasteiger partial charge < -0.3 is 9.80 Å². The van der Waals surface area contributed by atoms with Crippen molar-refractivity contribution in [2.75, 3.05) is 26.2 Å². The maximum absolute atomic E-state index is 14.0. The molecule has 4 nitrogen and oxygen atoms in total. The van der Waals surface area contributed by atoms with Crippen LogP contribution in [-0.2, 0) is 0 Å². The third-order valence-corrected chi connectivity index (χ3v) is 4.94. The van der Waals surface area contributed by atoms with Gasteiger partial charge in [0.25, 0.3) is 11.8 Å². The van der Waals surface area contributed by atoms with E-state index in [-0.39, 0.29) is 16.5 Å². The molecule has 0 atom stereocenters. The van der Waals surface area contributed by atoms with E-state index in [2.05, 4.69) is 0 Å². The van der Waals surface area contributed by atoms with Gasteiger partial charge in [0.1, 0.15) is 5.82 Å². The van der Waals surface area contributed by atoms with Crippen LogP contribution in [0.3, 0.4) is 0 Å². The SMILES string of the molecule is Cc1ccccc1C(=O)N1CCCN(C(=O)c2c(F)cccc2Cl)CC1. The lowest BCUT2D eigenvalue weighted by atomic mass is 10.1. The van der Waals surface area contributed by atoms with E-state index in [1.807, 2.05) is 31.2 Å². The van der Waals surface area contributed by atoms with E-state index in [1.165, 1.54) is 18.2 Å². The second-order valence-corrected chi connectivity index (χ2v) is 6.76. The smallest absolute Gasteiger partial charge is 0.258 e. The van der Waals surface area contributed by atoms with E-state index >= 15 is 0 Å². The van der Waals surface area contributed by atoms with Gasteiger partial charge in [-0.15, -0.1) is 0 Å². The summed E-state index contributed by atoms with van der Waals surface area (Å²) in [6.07, 6.45) is 0.634. The first-order chi connectivity index (χ1) is 12.5. The molecule has 2 amide bonds. The second-order valence-electron chi connectivity index (χ2n) is 6.35. The lowest BCUT2D eigenvalue weighted by Gasteiger charge is -2.23. The Balaban J connectivity index is 1.73. The second kappa shape index (κ2) is 7.87. The van der Waals surface area contributed by atoms with Crippen LogP contribution in [-0.4, -0.2) is 47.8 Å². The first-order valence-electron chi connectivity index (χ1n) is 8.57. The number of aryl methyl sites for hydroxylation is 1. The van der Waals surface area contributed by atoms with E-state index in [4.69, 9.17) is 11.6 Å². The predicted octanol–water partition coefficient (Wildman–Crippen LogP) is 3.78. The number of hydrogen-bond acceptors (Lipinski definition) is 2. The van der Waals surface area contributed by atoms with Crippen molar-refractivity contribution in [3.8, 4) is 0 Å². The Hall–Kier alpha value is -2.40. The Morgan fingerprint density at radius 1 is 0.923 bits per heavy atom. The summed E-state index contributed by atoms with van der Waals surface area (Å²) in [5, 5.41) is 0.104. The Kier molecular flexibility index (Phi) is 5.57. The average molecular weight is 375 g/mol. The Morgan fingerprint density at radius 2 is 1.58 bits per heavy atom. The molecule has 6 heteroatoms. The van der Waals surface area contributed by atoms with Crippen LogP contribution >= 0.6 is 11.6 Å². The van der Waals surface area contributed by atoms with Crippen LogP contribution in [0, 0.1) is 12.7 Å². The van der Waals surface area contributed by atoms with Gasteiger partial charge in [0, 0.05) is 31.7 Å². The molecule has 136 valence electrons. The Morgan fingerprint density at radius 3 is 2.23 bits per heavy atom. The highest BCUT2D eigenvalue weighted by Gasteiger charge is 2.26. The van der Waals surface area contributed by atoms with Crippen LogP contribution in [0.2, 0.25) is 5.02 Å². The minimum absolute atomic E-state index is 0.0404. The van der Waals surface area contributed by atoms with Crippen molar-refractivity contribution in [1.29, 1.82) is 0 Å². The maximum Gasteiger partial charge on any atom is 0.258 e. The molecule has 2 aromatic carbocycles. The number of hydrogen-bond donors (Lipinski definition) is 0. The van der Waals surface area contributed by atoms with Crippen molar-refractivity contribution in [3.05, 3.63) is 70.0 Å². The first kappa shape index (κ1) is 18.4. The molecule has 2 aromatic rings. The number of halogens is 2. The predicted molar refractivity (Wildman–Crippen MR) is 99.0 cm³/mol. The molecule has 0 aliphatic carbocycles. The normalized spacial score (nSPS) is 14.9. The van der Waals surface area contributed by atoms with Crippen LogP contribution in [0.25, 0.3) is 0 Å². The molecule has 0 aromatic heterocycles. The van der Waals surface area contributed by atoms with E-state index in [0.29, 0.717) is 38.2 Å². The summed E-state index contributed by atoms with van der Waals surface area (Å²) in [6, 6.07) is 11.7. The summed E-state index contributed by atoms with van der Waals surface area (Å²) < 4.78 is 14.0. The minimum atomic E-state index is -0.625. The molecule has 0 N–H and O–H groups in total. The molecule has 1 saturated heterocycles. The molecular weight excluding hydrogens is 355 g/mol. The third kappa shape index (κ3) is 3.73. The fraction of sp³-hybridized carbons (Fsp3) is 0.300. The molecule has 0 unspecified atom stereocenters. The van der Waals surface area contributed by atoms with E-state index < -0.39 is 11.7 Å². The zero-order chi connectivity index (χ0) is 18.7. The van der Waals surface area contributed by atoms with Crippen molar-refractivity contribution >= 4 is 23.4 Å². The summed E-state index contributed by atoms with van der Waals surface area (Å²) in [5.41, 5.74) is 1.49. The van der Waals surface area contributed by atoms with Gasteiger partial charge in [0.15, 0.2) is 0 Å². The van der Waals surface area contributed by atoms with Gasteiger partial charge >= 0.3 is 0 Å². The van der Waals surface area contributed by atoms with Gasteiger partial charge in [-0.25, -0.2) is 4.39 Å². The highest BCUT2D eigenvalue weighted by atomic mass is 35.5. The average Bonchev–Trinajstić information content (AvgIpc) is 2.87. The van der Waals surface area contributed by atoms with E-state index in [1.54, 1.807) is 9.80 Å². The van der Waals surface area contributed by atoms with Crippen LogP contribution in [0.5, 0.6) is 0 Å². The van der Waals surface area contributed by atoms with Gasteiger partial charge in [0.2, 0.25) is 0 Å². The number of carbonyl (C=O) groups excluding carboxylic acids is 2. The molecule has 1 heterocycles. The maximum atomic E-state index is 14.0. The zero-order valence-electron chi connectivity index (χ0n) is 14.5. The third-order valence-electron chi connectivity index (χ3n) is 4.62.